The number of alkyl halides is 3. The molecular weight excluding hydrogens is 261 g/mol. The van der Waals surface area contributed by atoms with Gasteiger partial charge in [0.15, 0.2) is 5.54 Å². The quantitative estimate of drug-likeness (QED) is 0.848. The van der Waals surface area contributed by atoms with E-state index in [1.54, 1.807) is 18.2 Å². The third kappa shape index (κ3) is 2.25. The summed E-state index contributed by atoms with van der Waals surface area (Å²) >= 11 is 0. The minimum Gasteiger partial charge on any atom is -0.490 e. The molecule has 0 spiro atoms. The van der Waals surface area contributed by atoms with Crippen LogP contribution in [0.2, 0.25) is 0 Å². The summed E-state index contributed by atoms with van der Waals surface area (Å²) in [5.41, 5.74) is 2.55. The highest BCUT2D eigenvalue weighted by atomic mass is 19.4. The molecule has 0 bridgehead atoms. The highest BCUT2D eigenvalue weighted by molar-refractivity contribution is 6.01. The van der Waals surface area contributed by atoms with Crippen LogP contribution in [0.15, 0.2) is 24.3 Å². The molecule has 19 heavy (non-hydrogen) atoms. The molecule has 7 heteroatoms. The van der Waals surface area contributed by atoms with Crippen LogP contribution in [0.5, 0.6) is 5.75 Å². The van der Waals surface area contributed by atoms with E-state index < -0.39 is 17.6 Å². The van der Waals surface area contributed by atoms with Crippen LogP contribution in [0, 0.1) is 0 Å². The van der Waals surface area contributed by atoms with E-state index in [4.69, 9.17) is 10.5 Å². The first-order valence-corrected chi connectivity index (χ1v) is 5.64. The van der Waals surface area contributed by atoms with Crippen molar-refractivity contribution in [2.45, 2.75) is 18.6 Å². The zero-order valence-corrected chi connectivity index (χ0v) is 10.2. The molecule has 1 heterocycles. The zero-order chi connectivity index (χ0) is 14.3. The highest BCUT2D eigenvalue weighted by Crippen LogP contribution is 2.35. The second-order valence-electron chi connectivity index (χ2n) is 4.47. The lowest BCUT2D eigenvalue weighted by atomic mass is 10.0. The Kier molecular flexibility index (Phi) is 3.17. The van der Waals surface area contributed by atoms with Crippen molar-refractivity contribution >= 4 is 11.6 Å². The topological polar surface area (TPSA) is 55.6 Å². The molecule has 2 rings (SSSR count). The van der Waals surface area contributed by atoms with Gasteiger partial charge < -0.3 is 15.4 Å². The molecule has 4 nitrogen and oxygen atoms in total. The van der Waals surface area contributed by atoms with Gasteiger partial charge >= 0.3 is 6.18 Å². The number of rotatable bonds is 1. The lowest BCUT2D eigenvalue weighted by molar-refractivity contribution is -0.185. The summed E-state index contributed by atoms with van der Waals surface area (Å²) in [5.74, 6) is -0.809. The van der Waals surface area contributed by atoms with Gasteiger partial charge in [-0.15, -0.1) is 0 Å². The van der Waals surface area contributed by atoms with Gasteiger partial charge in [-0.1, -0.05) is 12.1 Å². The summed E-state index contributed by atoms with van der Waals surface area (Å²) in [6, 6.07) is 6.42. The molecule has 0 saturated carbocycles. The third-order valence-electron chi connectivity index (χ3n) is 3.01. The Bertz CT molecular complexity index is 500. The van der Waals surface area contributed by atoms with Crippen molar-refractivity contribution in [2.75, 3.05) is 18.1 Å². The molecule has 0 saturated heterocycles. The van der Waals surface area contributed by atoms with E-state index in [1.165, 1.54) is 6.07 Å². The van der Waals surface area contributed by atoms with Crippen LogP contribution in [0.4, 0.5) is 18.9 Å². The van der Waals surface area contributed by atoms with Crippen molar-refractivity contribution in [3.63, 3.8) is 0 Å². The fraction of sp³-hybridized carbons (Fsp3) is 0.417. The first-order chi connectivity index (χ1) is 8.75. The number of benzene rings is 1. The number of hydrogen-bond acceptors (Lipinski definition) is 3. The Balaban J connectivity index is 2.37. The molecule has 1 aromatic rings. The molecule has 0 aliphatic carbocycles. The molecule has 1 atom stereocenters. The molecule has 1 aliphatic rings. The summed E-state index contributed by atoms with van der Waals surface area (Å²) in [7, 11) is 0. The Morgan fingerprint density at radius 3 is 2.63 bits per heavy atom. The van der Waals surface area contributed by atoms with Crippen LogP contribution in [-0.2, 0) is 4.79 Å². The second kappa shape index (κ2) is 4.41. The number of anilines is 1. The predicted molar refractivity (Wildman–Crippen MR) is 62.9 cm³/mol. The van der Waals surface area contributed by atoms with E-state index in [2.05, 4.69) is 0 Å². The van der Waals surface area contributed by atoms with Gasteiger partial charge in [0.25, 0.3) is 5.91 Å². The van der Waals surface area contributed by atoms with E-state index in [1.807, 2.05) is 0 Å². The van der Waals surface area contributed by atoms with Crippen molar-refractivity contribution in [2.24, 2.45) is 5.73 Å². The van der Waals surface area contributed by atoms with Gasteiger partial charge in [-0.05, 0) is 19.1 Å². The maximum Gasteiger partial charge on any atom is 0.415 e. The molecule has 0 aromatic heterocycles. The number of hydrogen-bond donors (Lipinski definition) is 1. The van der Waals surface area contributed by atoms with Crippen LogP contribution in [0.25, 0.3) is 0 Å². The predicted octanol–water partition coefficient (Wildman–Crippen LogP) is 1.69. The fourth-order valence-electron chi connectivity index (χ4n) is 1.78. The van der Waals surface area contributed by atoms with Crippen molar-refractivity contribution in [1.82, 2.24) is 0 Å². The minimum atomic E-state index is -4.81. The molecular formula is C12H13F3N2O2. The van der Waals surface area contributed by atoms with Crippen molar-refractivity contribution < 1.29 is 22.7 Å². The Morgan fingerprint density at radius 1 is 1.37 bits per heavy atom. The van der Waals surface area contributed by atoms with Gasteiger partial charge in [-0.3, -0.25) is 4.79 Å². The van der Waals surface area contributed by atoms with Crippen LogP contribution in [-0.4, -0.2) is 30.8 Å². The monoisotopic (exact) mass is 274 g/mol. The van der Waals surface area contributed by atoms with Crippen LogP contribution in [0.1, 0.15) is 6.92 Å². The lowest BCUT2D eigenvalue weighted by Crippen LogP contribution is -2.63. The van der Waals surface area contributed by atoms with Gasteiger partial charge in [0, 0.05) is 0 Å². The van der Waals surface area contributed by atoms with Gasteiger partial charge in [0.05, 0.1) is 12.2 Å². The molecule has 2 N–H and O–H groups in total. The van der Waals surface area contributed by atoms with Crippen molar-refractivity contribution in [1.29, 1.82) is 0 Å². The maximum absolute atomic E-state index is 12.8. The number of para-hydroxylation sites is 2. The number of fused-ring (bicyclic) bond motifs is 1. The van der Waals surface area contributed by atoms with Gasteiger partial charge in [-0.2, -0.15) is 13.2 Å². The van der Waals surface area contributed by atoms with Crippen LogP contribution >= 0.6 is 0 Å². The number of carbonyl (C=O) groups excluding carboxylic acids is 1. The zero-order valence-electron chi connectivity index (χ0n) is 10.2. The Morgan fingerprint density at radius 2 is 2.00 bits per heavy atom. The van der Waals surface area contributed by atoms with Crippen molar-refractivity contribution in [3.8, 4) is 5.75 Å². The summed E-state index contributed by atoms with van der Waals surface area (Å²) in [4.78, 5) is 13.1. The normalized spacial score (nSPS) is 18.3. The average Bonchev–Trinajstić information content (AvgIpc) is 2.36. The third-order valence-corrected chi connectivity index (χ3v) is 3.01. The van der Waals surface area contributed by atoms with E-state index >= 15 is 0 Å². The first kappa shape index (κ1) is 13.7. The standard InChI is InChI=1S/C12H13F3N2O2/c1-11(16,12(13,14)15)10(18)17-6-7-19-9-5-3-2-4-8(9)17/h2-5H,6-7,16H2,1H3. The van der Waals surface area contributed by atoms with Crippen LogP contribution < -0.4 is 15.4 Å². The molecule has 0 fully saturated rings. The fourth-order valence-corrected chi connectivity index (χ4v) is 1.78. The van der Waals surface area contributed by atoms with E-state index in [0.29, 0.717) is 18.4 Å². The molecule has 1 unspecified atom stereocenters. The Hall–Kier alpha value is -1.76. The Labute approximate surface area is 107 Å². The van der Waals surface area contributed by atoms with Crippen molar-refractivity contribution in [3.05, 3.63) is 24.3 Å². The first-order valence-electron chi connectivity index (χ1n) is 5.64. The number of nitrogens with zero attached hydrogens (tertiary/aromatic N) is 1. The number of amides is 1. The molecule has 0 radical (unpaired) electrons. The molecule has 104 valence electrons. The summed E-state index contributed by atoms with van der Waals surface area (Å²) in [6.45, 7) is 0.850. The largest absolute Gasteiger partial charge is 0.490 e. The summed E-state index contributed by atoms with van der Waals surface area (Å²) in [5, 5.41) is 0. The number of carbonyl (C=O) groups is 1. The number of nitrogens with two attached hydrogens (primary N) is 1. The van der Waals surface area contributed by atoms with Gasteiger partial charge in [-0.25, -0.2) is 0 Å². The molecule has 1 amide bonds. The van der Waals surface area contributed by atoms with E-state index in [-0.39, 0.29) is 13.2 Å². The van der Waals surface area contributed by atoms with E-state index in [9.17, 15) is 18.0 Å². The van der Waals surface area contributed by atoms with E-state index in [0.717, 1.165) is 4.90 Å². The molecule has 1 aromatic carbocycles. The second-order valence-corrected chi connectivity index (χ2v) is 4.47. The SMILES string of the molecule is CC(N)(C(=O)N1CCOc2ccccc21)C(F)(F)F. The maximum atomic E-state index is 12.8. The molecule has 1 aliphatic heterocycles. The summed E-state index contributed by atoms with van der Waals surface area (Å²) in [6.07, 6.45) is -4.81. The number of halogens is 3. The minimum absolute atomic E-state index is 0.0404. The average molecular weight is 274 g/mol. The lowest BCUT2D eigenvalue weighted by Gasteiger charge is -2.35. The van der Waals surface area contributed by atoms with Gasteiger partial charge in [0.2, 0.25) is 0 Å². The number of ether oxygens (including phenoxy) is 1. The van der Waals surface area contributed by atoms with Crippen LogP contribution in [0.3, 0.4) is 0 Å². The highest BCUT2D eigenvalue weighted by Gasteiger charge is 2.56. The summed E-state index contributed by atoms with van der Waals surface area (Å²) < 4.78 is 43.7. The van der Waals surface area contributed by atoms with Gasteiger partial charge in [0.1, 0.15) is 12.4 Å². The smallest absolute Gasteiger partial charge is 0.415 e.